The topological polar surface area (TPSA) is 49.8 Å². The zero-order valence-electron chi connectivity index (χ0n) is 13.5. The largest absolute Gasteiger partial charge is 0.462 e. The minimum atomic E-state index is -0.630. The molecule has 0 aliphatic carbocycles. The van der Waals surface area contributed by atoms with Crippen LogP contribution in [0.3, 0.4) is 0 Å². The minimum Gasteiger partial charge on any atom is -0.462 e. The van der Waals surface area contributed by atoms with E-state index >= 15 is 0 Å². The molecule has 1 aromatic rings. The van der Waals surface area contributed by atoms with Gasteiger partial charge in [-0.3, -0.25) is 9.69 Å². The zero-order valence-corrected chi connectivity index (χ0v) is 14.2. The van der Waals surface area contributed by atoms with E-state index in [0.717, 1.165) is 24.9 Å². The second-order valence-electron chi connectivity index (χ2n) is 6.53. The number of aliphatic hydroxyl groups is 1. The number of fused-ring (bicyclic) bond motifs is 2. The van der Waals surface area contributed by atoms with Crippen LogP contribution in [0.25, 0.3) is 0 Å². The lowest BCUT2D eigenvalue weighted by atomic mass is 9.98. The van der Waals surface area contributed by atoms with Gasteiger partial charge in [0.1, 0.15) is 12.0 Å². The van der Waals surface area contributed by atoms with E-state index in [4.69, 9.17) is 16.3 Å². The second-order valence-corrected chi connectivity index (χ2v) is 6.97. The second kappa shape index (κ2) is 7.20. The van der Waals surface area contributed by atoms with Gasteiger partial charge in [-0.25, -0.2) is 0 Å². The standard InChI is InChI=1S/C18H24ClNO3/c1-2-20-14-7-8-15(20)10-16(9-14)23-18(22)17(11-21)12-3-5-13(19)6-4-12/h3-6,14-17,21H,2,7-11H2,1H3/t14-,15+,16?,17-/m0/s1. The van der Waals surface area contributed by atoms with Crippen LogP contribution in [0.1, 0.15) is 44.1 Å². The summed E-state index contributed by atoms with van der Waals surface area (Å²) >= 11 is 5.88. The number of hydrogen-bond donors (Lipinski definition) is 1. The first kappa shape index (κ1) is 16.7. The maximum absolute atomic E-state index is 12.5. The van der Waals surface area contributed by atoms with Gasteiger partial charge in [0.2, 0.25) is 0 Å². The first-order valence-electron chi connectivity index (χ1n) is 8.45. The van der Waals surface area contributed by atoms with Gasteiger partial charge >= 0.3 is 5.97 Å². The van der Waals surface area contributed by atoms with E-state index < -0.39 is 5.92 Å². The Balaban J connectivity index is 1.63. The lowest BCUT2D eigenvalue weighted by Crippen LogP contribution is -2.46. The maximum Gasteiger partial charge on any atom is 0.316 e. The van der Waals surface area contributed by atoms with Crippen molar-refractivity contribution in [3.63, 3.8) is 0 Å². The number of rotatable bonds is 5. The predicted octanol–water partition coefficient (Wildman–Crippen LogP) is 2.97. The third kappa shape index (κ3) is 3.54. The van der Waals surface area contributed by atoms with Crippen molar-refractivity contribution in [2.45, 2.75) is 56.7 Å². The third-order valence-electron chi connectivity index (χ3n) is 5.23. The van der Waals surface area contributed by atoms with E-state index in [1.807, 2.05) is 0 Å². The predicted molar refractivity (Wildman–Crippen MR) is 89.6 cm³/mol. The maximum atomic E-state index is 12.5. The number of hydrogen-bond acceptors (Lipinski definition) is 4. The Kier molecular flexibility index (Phi) is 5.24. The first-order chi connectivity index (χ1) is 11.1. The lowest BCUT2D eigenvalue weighted by Gasteiger charge is -2.38. The van der Waals surface area contributed by atoms with Crippen LogP contribution < -0.4 is 0 Å². The molecular formula is C18H24ClNO3. The average Bonchev–Trinajstić information content (AvgIpc) is 2.79. The van der Waals surface area contributed by atoms with Crippen LogP contribution in [0.2, 0.25) is 5.02 Å². The van der Waals surface area contributed by atoms with Crippen molar-refractivity contribution in [3.8, 4) is 0 Å². The van der Waals surface area contributed by atoms with Crippen molar-refractivity contribution >= 4 is 17.6 Å². The summed E-state index contributed by atoms with van der Waals surface area (Å²) in [6.07, 6.45) is 4.20. The summed E-state index contributed by atoms with van der Waals surface area (Å²) in [4.78, 5) is 15.0. The van der Waals surface area contributed by atoms with Crippen LogP contribution in [0.4, 0.5) is 0 Å². The number of esters is 1. The van der Waals surface area contributed by atoms with Crippen LogP contribution in [-0.4, -0.2) is 47.3 Å². The fourth-order valence-corrected chi connectivity index (χ4v) is 4.22. The first-order valence-corrected chi connectivity index (χ1v) is 8.82. The number of carbonyl (C=O) groups is 1. The number of carbonyl (C=O) groups excluding carboxylic acids is 1. The van der Waals surface area contributed by atoms with Gasteiger partial charge in [-0.2, -0.15) is 0 Å². The third-order valence-corrected chi connectivity index (χ3v) is 5.48. The highest BCUT2D eigenvalue weighted by atomic mass is 35.5. The molecule has 0 saturated carbocycles. The van der Waals surface area contributed by atoms with E-state index in [1.54, 1.807) is 24.3 Å². The summed E-state index contributed by atoms with van der Waals surface area (Å²) in [5.74, 6) is -0.960. The molecule has 5 heteroatoms. The zero-order chi connectivity index (χ0) is 16.4. The van der Waals surface area contributed by atoms with Gasteiger partial charge in [0.05, 0.1) is 6.61 Å². The number of aliphatic hydroxyl groups excluding tert-OH is 1. The highest BCUT2D eigenvalue weighted by Crippen LogP contribution is 2.37. The van der Waals surface area contributed by atoms with E-state index in [1.165, 1.54) is 12.8 Å². The average molecular weight is 338 g/mol. The molecular weight excluding hydrogens is 314 g/mol. The van der Waals surface area contributed by atoms with Gasteiger partial charge in [0.25, 0.3) is 0 Å². The normalized spacial score (nSPS) is 28.6. The molecule has 0 amide bonds. The van der Waals surface area contributed by atoms with E-state index in [0.29, 0.717) is 17.1 Å². The van der Waals surface area contributed by atoms with Crippen molar-refractivity contribution in [2.75, 3.05) is 13.2 Å². The molecule has 2 fully saturated rings. The molecule has 2 aliphatic rings. The van der Waals surface area contributed by atoms with Crippen LogP contribution >= 0.6 is 11.6 Å². The number of nitrogens with zero attached hydrogens (tertiary/aromatic N) is 1. The molecule has 0 aromatic heterocycles. The molecule has 4 atom stereocenters. The van der Waals surface area contributed by atoms with Crippen LogP contribution in [-0.2, 0) is 9.53 Å². The molecule has 2 heterocycles. The van der Waals surface area contributed by atoms with E-state index in [2.05, 4.69) is 11.8 Å². The van der Waals surface area contributed by atoms with Crippen molar-refractivity contribution < 1.29 is 14.6 Å². The molecule has 2 aliphatic heterocycles. The minimum absolute atomic E-state index is 0.0239. The summed E-state index contributed by atoms with van der Waals surface area (Å²) in [6, 6.07) is 8.08. The van der Waals surface area contributed by atoms with Gasteiger partial charge < -0.3 is 9.84 Å². The molecule has 2 bridgehead atoms. The molecule has 126 valence electrons. The highest BCUT2D eigenvalue weighted by molar-refractivity contribution is 6.30. The molecule has 3 rings (SSSR count). The van der Waals surface area contributed by atoms with Gasteiger partial charge in [-0.05, 0) is 37.1 Å². The summed E-state index contributed by atoms with van der Waals surface area (Å²) in [5.41, 5.74) is 0.746. The van der Waals surface area contributed by atoms with Crippen LogP contribution in [0.5, 0.6) is 0 Å². The Hall–Kier alpha value is -1.10. The summed E-state index contributed by atoms with van der Waals surface area (Å²) in [5, 5.41) is 10.2. The van der Waals surface area contributed by atoms with Gasteiger partial charge in [0.15, 0.2) is 0 Å². The number of benzene rings is 1. The van der Waals surface area contributed by atoms with Crippen molar-refractivity contribution in [3.05, 3.63) is 34.9 Å². The van der Waals surface area contributed by atoms with Crippen molar-refractivity contribution in [1.82, 2.24) is 4.90 Å². The van der Waals surface area contributed by atoms with Crippen LogP contribution in [0.15, 0.2) is 24.3 Å². The molecule has 0 spiro atoms. The van der Waals surface area contributed by atoms with Gasteiger partial charge in [-0.15, -0.1) is 0 Å². The van der Waals surface area contributed by atoms with Crippen molar-refractivity contribution in [1.29, 1.82) is 0 Å². The quantitative estimate of drug-likeness (QED) is 0.839. The fraction of sp³-hybridized carbons (Fsp3) is 0.611. The van der Waals surface area contributed by atoms with Crippen LogP contribution in [0, 0.1) is 0 Å². The number of ether oxygens (including phenoxy) is 1. The Bertz CT molecular complexity index is 534. The van der Waals surface area contributed by atoms with Gasteiger partial charge in [-0.1, -0.05) is 30.7 Å². The number of halogens is 1. The summed E-state index contributed by atoms with van der Waals surface area (Å²) in [7, 11) is 0. The number of piperidine rings is 1. The Morgan fingerprint density at radius 1 is 1.30 bits per heavy atom. The SMILES string of the molecule is CCN1[C@@H]2CC[C@H]1CC(OC(=O)[C@@H](CO)c1ccc(Cl)cc1)C2. The highest BCUT2D eigenvalue weighted by Gasteiger charge is 2.41. The molecule has 1 N–H and O–H groups in total. The van der Waals surface area contributed by atoms with Gasteiger partial charge in [0, 0.05) is 29.9 Å². The molecule has 23 heavy (non-hydrogen) atoms. The molecule has 0 radical (unpaired) electrons. The molecule has 1 aromatic carbocycles. The Labute approximate surface area is 142 Å². The Morgan fingerprint density at radius 2 is 1.91 bits per heavy atom. The molecule has 1 unspecified atom stereocenters. The monoisotopic (exact) mass is 337 g/mol. The smallest absolute Gasteiger partial charge is 0.316 e. The fourth-order valence-electron chi connectivity index (χ4n) is 4.09. The summed E-state index contributed by atoms with van der Waals surface area (Å²) in [6.45, 7) is 3.02. The lowest BCUT2D eigenvalue weighted by molar-refractivity contribution is -0.155. The van der Waals surface area contributed by atoms with E-state index in [9.17, 15) is 9.90 Å². The molecule has 2 saturated heterocycles. The van der Waals surface area contributed by atoms with E-state index in [-0.39, 0.29) is 18.7 Å². The summed E-state index contributed by atoms with van der Waals surface area (Å²) < 4.78 is 5.74. The Morgan fingerprint density at radius 3 is 2.43 bits per heavy atom. The molecule has 4 nitrogen and oxygen atoms in total. The van der Waals surface area contributed by atoms with Crippen molar-refractivity contribution in [2.24, 2.45) is 0 Å².